The van der Waals surface area contributed by atoms with Gasteiger partial charge in [0, 0.05) is 34.9 Å². The SMILES string of the molecule is Fc1cc2nc(-c3ccc(Cl)cc3OCC3CCCCO3)n(Cc3ccc(-c4nnn[nH]4)cc3F)c2cc1F. The molecule has 6 rings (SSSR count). The molecule has 1 saturated heterocycles. The van der Waals surface area contributed by atoms with E-state index in [0.717, 1.165) is 31.4 Å². The number of hydrogen-bond acceptors (Lipinski definition) is 6. The van der Waals surface area contributed by atoms with E-state index in [1.807, 2.05) is 0 Å². The molecular weight excluding hydrogens is 533 g/mol. The highest BCUT2D eigenvalue weighted by Gasteiger charge is 2.22. The molecule has 1 aliphatic rings. The van der Waals surface area contributed by atoms with Gasteiger partial charge in [0.25, 0.3) is 0 Å². The molecular formula is C27H22ClF3N6O2. The molecule has 3 aromatic carbocycles. The molecule has 3 heterocycles. The Morgan fingerprint density at radius 1 is 1.03 bits per heavy atom. The lowest BCUT2D eigenvalue weighted by Gasteiger charge is -2.23. The summed E-state index contributed by atoms with van der Waals surface area (Å²) in [6, 6.07) is 11.7. The minimum absolute atomic E-state index is 0.0223. The third-order valence-corrected chi connectivity index (χ3v) is 6.91. The van der Waals surface area contributed by atoms with Gasteiger partial charge < -0.3 is 14.0 Å². The minimum atomic E-state index is -1.04. The van der Waals surface area contributed by atoms with Crippen LogP contribution >= 0.6 is 11.6 Å². The minimum Gasteiger partial charge on any atom is -0.490 e. The highest BCUT2D eigenvalue weighted by atomic mass is 35.5. The maximum Gasteiger partial charge on any atom is 0.179 e. The van der Waals surface area contributed by atoms with Gasteiger partial charge in [-0.25, -0.2) is 23.3 Å². The molecule has 2 aromatic heterocycles. The molecule has 0 bridgehead atoms. The Kier molecular flexibility index (Phi) is 6.92. The molecule has 12 heteroatoms. The number of ether oxygens (including phenoxy) is 2. The first-order valence-corrected chi connectivity index (χ1v) is 12.8. The summed E-state index contributed by atoms with van der Waals surface area (Å²) in [5.41, 5.74) is 1.80. The Labute approximate surface area is 225 Å². The number of benzene rings is 3. The topological polar surface area (TPSA) is 90.7 Å². The van der Waals surface area contributed by atoms with E-state index in [-0.39, 0.29) is 18.2 Å². The molecule has 0 spiro atoms. The van der Waals surface area contributed by atoms with E-state index in [2.05, 4.69) is 25.6 Å². The van der Waals surface area contributed by atoms with Crippen molar-refractivity contribution < 1.29 is 22.6 Å². The number of rotatable bonds is 7. The van der Waals surface area contributed by atoms with Gasteiger partial charge in [-0.2, -0.15) is 0 Å². The van der Waals surface area contributed by atoms with E-state index in [0.29, 0.717) is 57.8 Å². The van der Waals surface area contributed by atoms with Crippen molar-refractivity contribution in [3.63, 3.8) is 0 Å². The molecule has 5 aromatic rings. The Morgan fingerprint density at radius 2 is 1.90 bits per heavy atom. The molecule has 0 aliphatic carbocycles. The first-order chi connectivity index (χ1) is 19.0. The van der Waals surface area contributed by atoms with Crippen molar-refractivity contribution in [2.45, 2.75) is 31.9 Å². The number of imidazole rings is 1. The standard InChI is InChI=1S/C27H22ClF3N6O2/c28-17-6-7-19(25(10-17)39-14-18-3-1-2-8-38-18)27-32-23-11-21(30)22(31)12-24(23)37(27)13-16-5-4-15(9-20(16)29)26-33-35-36-34-26/h4-7,9-12,18H,1-3,8,13-14H2,(H,33,34,35,36). The fraction of sp³-hybridized carbons (Fsp3) is 0.259. The summed E-state index contributed by atoms with van der Waals surface area (Å²) in [6.45, 7) is 0.968. The van der Waals surface area contributed by atoms with E-state index in [9.17, 15) is 8.78 Å². The predicted octanol–water partition coefficient (Wildman–Crippen LogP) is 5.95. The van der Waals surface area contributed by atoms with Gasteiger partial charge in [-0.15, -0.1) is 5.10 Å². The maximum atomic E-state index is 15.3. The van der Waals surface area contributed by atoms with Gasteiger partial charge in [0.05, 0.1) is 29.2 Å². The fourth-order valence-corrected chi connectivity index (χ4v) is 4.84. The van der Waals surface area contributed by atoms with Crippen LogP contribution < -0.4 is 4.74 Å². The van der Waals surface area contributed by atoms with E-state index in [1.165, 1.54) is 6.07 Å². The fourth-order valence-electron chi connectivity index (χ4n) is 4.68. The summed E-state index contributed by atoms with van der Waals surface area (Å²) in [5.74, 6) is -1.50. The molecule has 39 heavy (non-hydrogen) atoms. The van der Waals surface area contributed by atoms with Crippen LogP contribution in [0.25, 0.3) is 33.8 Å². The molecule has 1 N–H and O–H groups in total. The maximum absolute atomic E-state index is 15.3. The Bertz CT molecular complexity index is 1640. The average Bonchev–Trinajstić information content (AvgIpc) is 3.59. The van der Waals surface area contributed by atoms with Crippen molar-refractivity contribution >= 4 is 22.6 Å². The largest absolute Gasteiger partial charge is 0.490 e. The van der Waals surface area contributed by atoms with Crippen molar-refractivity contribution in [2.75, 3.05) is 13.2 Å². The van der Waals surface area contributed by atoms with Crippen LogP contribution in [0.1, 0.15) is 24.8 Å². The number of fused-ring (bicyclic) bond motifs is 1. The smallest absolute Gasteiger partial charge is 0.179 e. The quantitative estimate of drug-likeness (QED) is 0.267. The average molecular weight is 555 g/mol. The molecule has 0 radical (unpaired) electrons. The van der Waals surface area contributed by atoms with Crippen LogP contribution in [0.5, 0.6) is 5.75 Å². The summed E-state index contributed by atoms with van der Waals surface area (Å²) in [6.07, 6.45) is 2.90. The zero-order valence-electron chi connectivity index (χ0n) is 20.5. The number of tetrazole rings is 1. The highest BCUT2D eigenvalue weighted by molar-refractivity contribution is 6.30. The van der Waals surface area contributed by atoms with Gasteiger partial charge in [-0.1, -0.05) is 23.7 Å². The lowest BCUT2D eigenvalue weighted by atomic mass is 10.1. The number of hydrogen-bond donors (Lipinski definition) is 1. The molecule has 1 unspecified atom stereocenters. The first-order valence-electron chi connectivity index (χ1n) is 12.4. The number of nitrogens with zero attached hydrogens (tertiary/aromatic N) is 5. The van der Waals surface area contributed by atoms with E-state index < -0.39 is 17.5 Å². The summed E-state index contributed by atoms with van der Waals surface area (Å²) < 4.78 is 57.3. The van der Waals surface area contributed by atoms with Crippen LogP contribution in [0.2, 0.25) is 5.02 Å². The van der Waals surface area contributed by atoms with Crippen molar-refractivity contribution in [1.29, 1.82) is 0 Å². The van der Waals surface area contributed by atoms with Gasteiger partial charge >= 0.3 is 0 Å². The Morgan fingerprint density at radius 3 is 2.67 bits per heavy atom. The van der Waals surface area contributed by atoms with Crippen LogP contribution in [0, 0.1) is 17.5 Å². The summed E-state index contributed by atoms with van der Waals surface area (Å²) in [4.78, 5) is 4.60. The second kappa shape index (κ2) is 10.7. The van der Waals surface area contributed by atoms with Crippen LogP contribution in [0.15, 0.2) is 48.5 Å². The van der Waals surface area contributed by atoms with Crippen LogP contribution in [0.4, 0.5) is 13.2 Å². The molecule has 1 aliphatic heterocycles. The second-order valence-electron chi connectivity index (χ2n) is 9.27. The zero-order chi connectivity index (χ0) is 26.9. The molecule has 0 amide bonds. The van der Waals surface area contributed by atoms with Gasteiger partial charge in [0.15, 0.2) is 17.5 Å². The number of halogens is 4. The Balaban J connectivity index is 1.42. The van der Waals surface area contributed by atoms with Crippen molar-refractivity contribution in [3.8, 4) is 28.5 Å². The molecule has 1 atom stereocenters. The van der Waals surface area contributed by atoms with E-state index >= 15 is 4.39 Å². The summed E-state index contributed by atoms with van der Waals surface area (Å²) >= 11 is 6.29. The molecule has 1 fully saturated rings. The van der Waals surface area contributed by atoms with Crippen LogP contribution in [0.3, 0.4) is 0 Å². The molecule has 0 saturated carbocycles. The van der Waals surface area contributed by atoms with Crippen molar-refractivity contribution in [3.05, 3.63) is 76.6 Å². The lowest BCUT2D eigenvalue weighted by molar-refractivity contribution is -0.0109. The molecule has 200 valence electrons. The number of aromatic amines is 1. The third kappa shape index (κ3) is 5.19. The van der Waals surface area contributed by atoms with E-state index in [4.69, 9.17) is 21.1 Å². The van der Waals surface area contributed by atoms with Gasteiger partial charge in [0.1, 0.15) is 24.0 Å². The second-order valence-corrected chi connectivity index (χ2v) is 9.71. The number of H-pyrrole nitrogens is 1. The van der Waals surface area contributed by atoms with Crippen molar-refractivity contribution in [1.82, 2.24) is 30.2 Å². The molecule has 8 nitrogen and oxygen atoms in total. The monoisotopic (exact) mass is 554 g/mol. The van der Waals surface area contributed by atoms with E-state index in [1.54, 1.807) is 34.9 Å². The number of aromatic nitrogens is 6. The predicted molar refractivity (Wildman–Crippen MR) is 138 cm³/mol. The van der Waals surface area contributed by atoms with Gasteiger partial charge in [0.2, 0.25) is 0 Å². The van der Waals surface area contributed by atoms with Crippen LogP contribution in [-0.4, -0.2) is 49.5 Å². The lowest BCUT2D eigenvalue weighted by Crippen LogP contribution is -2.25. The normalized spacial score (nSPS) is 15.6. The summed E-state index contributed by atoms with van der Waals surface area (Å²) in [7, 11) is 0. The zero-order valence-corrected chi connectivity index (χ0v) is 21.3. The Hall–Kier alpha value is -3.96. The summed E-state index contributed by atoms with van der Waals surface area (Å²) in [5, 5.41) is 13.9. The number of nitrogens with one attached hydrogen (secondary N) is 1. The van der Waals surface area contributed by atoms with Gasteiger partial charge in [-0.3, -0.25) is 0 Å². The van der Waals surface area contributed by atoms with Crippen molar-refractivity contribution in [2.24, 2.45) is 0 Å². The van der Waals surface area contributed by atoms with Crippen LogP contribution in [-0.2, 0) is 11.3 Å². The van der Waals surface area contributed by atoms with Gasteiger partial charge in [-0.05, 0) is 54.0 Å². The highest BCUT2D eigenvalue weighted by Crippen LogP contribution is 2.36. The first kappa shape index (κ1) is 25.3. The third-order valence-electron chi connectivity index (χ3n) is 6.67.